The lowest BCUT2D eigenvalue weighted by Crippen LogP contribution is -2.07. The Morgan fingerprint density at radius 2 is 1.85 bits per heavy atom. The maximum absolute atomic E-state index is 13.4. The quantitative estimate of drug-likeness (QED) is 0.205. The molecule has 0 amide bonds. The lowest BCUT2D eigenvalue weighted by atomic mass is 9.84. The summed E-state index contributed by atoms with van der Waals surface area (Å²) in [5.74, 6) is 1.56. The van der Waals surface area contributed by atoms with Crippen molar-refractivity contribution in [3.05, 3.63) is 96.0 Å². The molecule has 0 bridgehead atoms. The number of aromatic hydroxyl groups is 1. The molecule has 2 heterocycles. The van der Waals surface area contributed by atoms with Gasteiger partial charge in [-0.25, -0.2) is 9.97 Å². The molecule has 4 aromatic rings. The van der Waals surface area contributed by atoms with Crippen LogP contribution >= 0.6 is 0 Å². The van der Waals surface area contributed by atoms with Gasteiger partial charge in [0.05, 0.1) is 6.20 Å². The van der Waals surface area contributed by atoms with Crippen molar-refractivity contribution in [2.75, 3.05) is 5.73 Å². The second-order valence-electron chi connectivity index (χ2n) is 8.72. The van der Waals surface area contributed by atoms with Gasteiger partial charge in [0.1, 0.15) is 5.76 Å². The molecule has 2 aromatic heterocycles. The number of ketones is 1. The number of carbonyl (C=O) groups excluding carboxylic acids is 1. The topological polar surface area (TPSA) is 102 Å². The fourth-order valence-electron chi connectivity index (χ4n) is 4.15. The summed E-state index contributed by atoms with van der Waals surface area (Å²) in [6.45, 7) is 4.01. The minimum absolute atomic E-state index is 0.0642. The molecule has 1 fully saturated rings. The predicted octanol–water partition coefficient (Wildman–Crippen LogP) is 5.94. The van der Waals surface area contributed by atoms with Crippen molar-refractivity contribution >= 4 is 11.5 Å². The van der Waals surface area contributed by atoms with Crippen LogP contribution in [0.3, 0.4) is 0 Å². The second-order valence-corrected chi connectivity index (χ2v) is 8.72. The van der Waals surface area contributed by atoms with Gasteiger partial charge >= 0.3 is 0 Å². The minimum atomic E-state index is -0.184. The fraction of sp³-hybridized carbons (Fsp3) is 0.179. The molecule has 5 rings (SSSR count). The van der Waals surface area contributed by atoms with E-state index in [0.29, 0.717) is 40.6 Å². The summed E-state index contributed by atoms with van der Waals surface area (Å²) in [4.78, 5) is 21.8. The molecule has 0 saturated heterocycles. The van der Waals surface area contributed by atoms with Crippen LogP contribution in [0, 0.1) is 0 Å². The van der Waals surface area contributed by atoms with Gasteiger partial charge in [-0.3, -0.25) is 4.79 Å². The van der Waals surface area contributed by atoms with Crippen LogP contribution in [-0.2, 0) is 6.42 Å². The van der Waals surface area contributed by atoms with Crippen molar-refractivity contribution in [3.63, 3.8) is 0 Å². The summed E-state index contributed by atoms with van der Waals surface area (Å²) in [5.41, 5.74) is 10.9. The number of nitrogen functional groups attached to an aromatic ring is 1. The van der Waals surface area contributed by atoms with E-state index in [0.717, 1.165) is 35.3 Å². The van der Waals surface area contributed by atoms with Crippen LogP contribution in [0.25, 0.3) is 22.6 Å². The SMILES string of the molecule is C=C(Cc1ccc(O)nc1)C(=O)c1cc(-c2ncc(C3CCC3)o2)cc(-c2ccccc2N)c1. The number of anilines is 1. The summed E-state index contributed by atoms with van der Waals surface area (Å²) >= 11 is 0. The van der Waals surface area contributed by atoms with Gasteiger partial charge in [-0.05, 0) is 53.8 Å². The molecule has 0 atom stereocenters. The molecule has 1 aliphatic carbocycles. The molecule has 0 radical (unpaired) electrons. The van der Waals surface area contributed by atoms with Crippen molar-refractivity contribution in [2.45, 2.75) is 31.6 Å². The number of pyridine rings is 1. The number of benzene rings is 2. The summed E-state index contributed by atoms with van der Waals surface area (Å²) in [7, 11) is 0. The van der Waals surface area contributed by atoms with E-state index in [1.807, 2.05) is 36.4 Å². The third-order valence-corrected chi connectivity index (χ3v) is 6.29. The van der Waals surface area contributed by atoms with Gasteiger partial charge in [0.2, 0.25) is 11.8 Å². The molecule has 170 valence electrons. The number of hydrogen-bond acceptors (Lipinski definition) is 6. The maximum Gasteiger partial charge on any atom is 0.226 e. The van der Waals surface area contributed by atoms with E-state index >= 15 is 0 Å². The lowest BCUT2D eigenvalue weighted by Gasteiger charge is -2.22. The Morgan fingerprint density at radius 1 is 1.06 bits per heavy atom. The Bertz CT molecular complexity index is 1370. The first-order valence-corrected chi connectivity index (χ1v) is 11.3. The standard InChI is InChI=1S/C28H25N3O3/c1-17(11-18-9-10-26(32)30-15-18)27(33)21-12-20(23-7-2-3-8-24(23)29)13-22(14-21)28-31-16-25(34-28)19-5-4-6-19/h2-3,7-10,12-16,19H,1,4-6,11,29H2,(H,30,32). The summed E-state index contributed by atoms with van der Waals surface area (Å²) in [6.07, 6.45) is 7.09. The van der Waals surface area contributed by atoms with Crippen molar-refractivity contribution in [1.82, 2.24) is 9.97 Å². The van der Waals surface area contributed by atoms with Gasteiger partial charge in [0.25, 0.3) is 0 Å². The third kappa shape index (κ3) is 4.35. The van der Waals surface area contributed by atoms with Crippen molar-refractivity contribution in [3.8, 4) is 28.5 Å². The Kier molecular flexibility index (Phi) is 5.72. The number of nitrogens with two attached hydrogens (primary N) is 1. The molecular weight excluding hydrogens is 426 g/mol. The minimum Gasteiger partial charge on any atom is -0.493 e. The molecule has 6 nitrogen and oxygen atoms in total. The zero-order chi connectivity index (χ0) is 23.7. The Hall–Kier alpha value is -4.19. The lowest BCUT2D eigenvalue weighted by molar-refractivity contribution is 0.103. The van der Waals surface area contributed by atoms with Crippen LogP contribution in [0.15, 0.2) is 83.6 Å². The summed E-state index contributed by atoms with van der Waals surface area (Å²) < 4.78 is 6.09. The van der Waals surface area contributed by atoms with Crippen LogP contribution in [0.4, 0.5) is 5.69 Å². The Morgan fingerprint density at radius 3 is 2.56 bits per heavy atom. The largest absolute Gasteiger partial charge is 0.493 e. The molecule has 34 heavy (non-hydrogen) atoms. The molecule has 2 aromatic carbocycles. The van der Waals surface area contributed by atoms with Crippen LogP contribution in [0.2, 0.25) is 0 Å². The van der Waals surface area contributed by atoms with Gasteiger partial charge in [0.15, 0.2) is 5.78 Å². The van der Waals surface area contributed by atoms with E-state index < -0.39 is 0 Å². The summed E-state index contributed by atoms with van der Waals surface area (Å²) in [5, 5.41) is 9.41. The third-order valence-electron chi connectivity index (χ3n) is 6.29. The first-order valence-electron chi connectivity index (χ1n) is 11.3. The van der Waals surface area contributed by atoms with Crippen LogP contribution in [0.5, 0.6) is 5.88 Å². The smallest absolute Gasteiger partial charge is 0.226 e. The average Bonchev–Trinajstić information content (AvgIpc) is 3.28. The van der Waals surface area contributed by atoms with Gasteiger partial charge in [-0.1, -0.05) is 37.3 Å². The molecule has 1 aliphatic rings. The predicted molar refractivity (Wildman–Crippen MR) is 131 cm³/mol. The van der Waals surface area contributed by atoms with Gasteiger partial charge < -0.3 is 15.3 Å². The van der Waals surface area contributed by atoms with E-state index in [4.69, 9.17) is 10.2 Å². The number of rotatable bonds is 7. The first-order chi connectivity index (χ1) is 16.5. The number of hydrogen-bond donors (Lipinski definition) is 2. The fourth-order valence-corrected chi connectivity index (χ4v) is 4.15. The monoisotopic (exact) mass is 451 g/mol. The van der Waals surface area contributed by atoms with E-state index in [1.165, 1.54) is 18.7 Å². The second kappa shape index (κ2) is 8.98. The highest BCUT2D eigenvalue weighted by atomic mass is 16.4. The molecular formula is C28H25N3O3. The van der Waals surface area contributed by atoms with E-state index in [-0.39, 0.29) is 11.7 Å². The number of allylic oxidation sites excluding steroid dienone is 1. The number of nitrogens with zero attached hydrogens (tertiary/aromatic N) is 2. The van der Waals surface area contributed by atoms with E-state index in [1.54, 1.807) is 18.3 Å². The zero-order valence-corrected chi connectivity index (χ0v) is 18.7. The highest BCUT2D eigenvalue weighted by molar-refractivity contribution is 6.10. The maximum atomic E-state index is 13.4. The number of oxazole rings is 1. The normalized spacial score (nSPS) is 13.4. The van der Waals surface area contributed by atoms with Crippen LogP contribution in [-0.4, -0.2) is 20.9 Å². The van der Waals surface area contributed by atoms with Crippen molar-refractivity contribution < 1.29 is 14.3 Å². The van der Waals surface area contributed by atoms with Gasteiger partial charge in [-0.2, -0.15) is 0 Å². The Balaban J connectivity index is 1.52. The molecule has 6 heteroatoms. The summed E-state index contributed by atoms with van der Waals surface area (Å²) in [6, 6.07) is 16.3. The number of Topliss-reactive ketones (excluding diaryl/α,β-unsaturated/α-hetero) is 1. The van der Waals surface area contributed by atoms with Crippen LogP contribution in [0.1, 0.15) is 46.9 Å². The Labute approximate surface area is 197 Å². The highest BCUT2D eigenvalue weighted by Gasteiger charge is 2.24. The van der Waals surface area contributed by atoms with E-state index in [9.17, 15) is 9.90 Å². The average molecular weight is 452 g/mol. The molecule has 1 saturated carbocycles. The molecule has 0 aliphatic heterocycles. The zero-order valence-electron chi connectivity index (χ0n) is 18.7. The van der Waals surface area contributed by atoms with Crippen molar-refractivity contribution in [2.24, 2.45) is 0 Å². The molecule has 0 spiro atoms. The number of carbonyl (C=O) groups is 1. The molecule has 0 unspecified atom stereocenters. The van der Waals surface area contributed by atoms with Gasteiger partial charge in [0, 0.05) is 47.0 Å². The number of para-hydroxylation sites is 1. The van der Waals surface area contributed by atoms with Crippen LogP contribution < -0.4 is 5.73 Å². The first kappa shape index (κ1) is 21.6. The van der Waals surface area contributed by atoms with Crippen molar-refractivity contribution in [1.29, 1.82) is 0 Å². The highest BCUT2D eigenvalue weighted by Crippen LogP contribution is 2.38. The molecule has 3 N–H and O–H groups in total. The number of aromatic nitrogens is 2. The van der Waals surface area contributed by atoms with Gasteiger partial charge in [-0.15, -0.1) is 0 Å². The van der Waals surface area contributed by atoms with E-state index in [2.05, 4.69) is 16.5 Å².